The second-order valence-corrected chi connectivity index (χ2v) is 6.03. The first-order chi connectivity index (χ1) is 9.56. The molecule has 0 aliphatic carbocycles. The Kier molecular flexibility index (Phi) is 5.51. The zero-order valence-electron chi connectivity index (χ0n) is 12.9. The maximum absolute atomic E-state index is 5.75. The van der Waals surface area contributed by atoms with E-state index in [2.05, 4.69) is 34.0 Å². The first-order valence-electron chi connectivity index (χ1n) is 7.53. The van der Waals surface area contributed by atoms with E-state index in [1.54, 1.807) is 0 Å². The van der Waals surface area contributed by atoms with Crippen molar-refractivity contribution in [3.05, 3.63) is 11.7 Å². The van der Waals surface area contributed by atoms with Crippen LogP contribution in [0.25, 0.3) is 0 Å². The Morgan fingerprint density at radius 3 is 2.95 bits per heavy atom. The monoisotopic (exact) mass is 281 g/mol. The molecule has 1 aliphatic heterocycles. The molecule has 1 aromatic heterocycles. The molecular formula is C14H27N5O. The molecule has 0 aromatic carbocycles. The number of nitrogens with zero attached hydrogens (tertiary/aromatic N) is 4. The summed E-state index contributed by atoms with van der Waals surface area (Å²) in [6.07, 6.45) is 3.99. The number of rotatable bonds is 5. The molecule has 2 atom stereocenters. The number of hydrogen-bond acceptors (Lipinski definition) is 6. The van der Waals surface area contributed by atoms with E-state index in [1.807, 2.05) is 6.92 Å². The SMILES string of the molecule is CC(N)CCCc1nc(C2CN(C)CCCN2C)no1. The molecule has 2 heterocycles. The summed E-state index contributed by atoms with van der Waals surface area (Å²) in [4.78, 5) is 9.22. The van der Waals surface area contributed by atoms with Crippen molar-refractivity contribution in [2.75, 3.05) is 33.7 Å². The summed E-state index contributed by atoms with van der Waals surface area (Å²) in [6.45, 7) is 5.17. The van der Waals surface area contributed by atoms with Gasteiger partial charge in [-0.2, -0.15) is 4.98 Å². The second kappa shape index (κ2) is 7.15. The molecule has 1 aliphatic rings. The van der Waals surface area contributed by atoms with Gasteiger partial charge in [0.1, 0.15) is 0 Å². The zero-order chi connectivity index (χ0) is 14.5. The lowest BCUT2D eigenvalue weighted by atomic mass is 10.1. The van der Waals surface area contributed by atoms with Crippen LogP contribution in [0.15, 0.2) is 4.52 Å². The van der Waals surface area contributed by atoms with Crippen LogP contribution in [-0.4, -0.2) is 59.7 Å². The van der Waals surface area contributed by atoms with E-state index in [0.29, 0.717) is 0 Å². The number of nitrogens with two attached hydrogens (primary N) is 1. The lowest BCUT2D eigenvalue weighted by Crippen LogP contribution is -2.31. The summed E-state index contributed by atoms with van der Waals surface area (Å²) in [7, 11) is 4.28. The van der Waals surface area contributed by atoms with E-state index in [-0.39, 0.29) is 12.1 Å². The predicted molar refractivity (Wildman–Crippen MR) is 78.4 cm³/mol. The third-order valence-electron chi connectivity index (χ3n) is 3.90. The van der Waals surface area contributed by atoms with E-state index < -0.39 is 0 Å². The fraction of sp³-hybridized carbons (Fsp3) is 0.857. The van der Waals surface area contributed by atoms with Crippen LogP contribution in [0.4, 0.5) is 0 Å². The standard InChI is InChI=1S/C14H27N5O/c1-11(15)6-4-7-13-16-14(17-20-13)12-10-18(2)8-5-9-19(12)3/h11-12H,4-10,15H2,1-3H3. The Labute approximate surface area is 121 Å². The maximum atomic E-state index is 5.75. The quantitative estimate of drug-likeness (QED) is 0.870. The lowest BCUT2D eigenvalue weighted by molar-refractivity contribution is 0.214. The molecule has 2 N–H and O–H groups in total. The summed E-state index contributed by atoms with van der Waals surface area (Å²) in [5, 5.41) is 4.18. The maximum Gasteiger partial charge on any atom is 0.226 e. The minimum absolute atomic E-state index is 0.230. The van der Waals surface area contributed by atoms with Crippen molar-refractivity contribution >= 4 is 0 Å². The summed E-state index contributed by atoms with van der Waals surface area (Å²) >= 11 is 0. The van der Waals surface area contributed by atoms with E-state index >= 15 is 0 Å². The van der Waals surface area contributed by atoms with Crippen LogP contribution in [0.2, 0.25) is 0 Å². The van der Waals surface area contributed by atoms with Gasteiger partial charge in [-0.15, -0.1) is 0 Å². The summed E-state index contributed by atoms with van der Waals surface area (Å²) < 4.78 is 5.38. The van der Waals surface area contributed by atoms with Gasteiger partial charge in [-0.3, -0.25) is 4.90 Å². The van der Waals surface area contributed by atoms with Crippen molar-refractivity contribution in [1.82, 2.24) is 19.9 Å². The van der Waals surface area contributed by atoms with Crippen LogP contribution in [0.3, 0.4) is 0 Å². The molecular weight excluding hydrogens is 254 g/mol. The lowest BCUT2D eigenvalue weighted by Gasteiger charge is -2.24. The molecule has 2 rings (SSSR count). The molecule has 0 radical (unpaired) electrons. The first kappa shape index (κ1) is 15.4. The molecule has 0 amide bonds. The minimum Gasteiger partial charge on any atom is -0.339 e. The number of likely N-dealkylation sites (N-methyl/N-ethyl adjacent to an activating group) is 2. The van der Waals surface area contributed by atoms with Crippen LogP contribution < -0.4 is 5.73 Å². The van der Waals surface area contributed by atoms with Crippen LogP contribution in [0.1, 0.15) is 43.9 Å². The fourth-order valence-electron chi connectivity index (χ4n) is 2.63. The van der Waals surface area contributed by atoms with Gasteiger partial charge in [-0.1, -0.05) is 5.16 Å². The molecule has 0 bridgehead atoms. The minimum atomic E-state index is 0.230. The molecule has 1 aromatic rings. The van der Waals surface area contributed by atoms with Gasteiger partial charge < -0.3 is 15.2 Å². The van der Waals surface area contributed by atoms with E-state index in [0.717, 1.165) is 50.6 Å². The molecule has 0 spiro atoms. The normalized spacial score (nSPS) is 23.7. The van der Waals surface area contributed by atoms with Crippen molar-refractivity contribution in [2.45, 2.75) is 44.7 Å². The number of aromatic nitrogens is 2. The first-order valence-corrected chi connectivity index (χ1v) is 7.53. The van der Waals surface area contributed by atoms with Crippen molar-refractivity contribution in [3.63, 3.8) is 0 Å². The second-order valence-electron chi connectivity index (χ2n) is 6.03. The van der Waals surface area contributed by atoms with Gasteiger partial charge in [0.25, 0.3) is 0 Å². The molecule has 1 fully saturated rings. The summed E-state index contributed by atoms with van der Waals surface area (Å²) in [5.74, 6) is 1.55. The molecule has 6 heteroatoms. The third-order valence-corrected chi connectivity index (χ3v) is 3.90. The average molecular weight is 281 g/mol. The van der Waals surface area contributed by atoms with Gasteiger partial charge in [0.15, 0.2) is 5.82 Å². The molecule has 20 heavy (non-hydrogen) atoms. The van der Waals surface area contributed by atoms with E-state index in [1.165, 1.54) is 6.42 Å². The van der Waals surface area contributed by atoms with Crippen molar-refractivity contribution < 1.29 is 4.52 Å². The van der Waals surface area contributed by atoms with Crippen LogP contribution in [0.5, 0.6) is 0 Å². The Bertz CT molecular complexity index is 406. The Hall–Kier alpha value is -0.980. The highest BCUT2D eigenvalue weighted by Crippen LogP contribution is 2.21. The molecule has 1 saturated heterocycles. The van der Waals surface area contributed by atoms with E-state index in [9.17, 15) is 0 Å². The fourth-order valence-corrected chi connectivity index (χ4v) is 2.63. The summed E-state index contributed by atoms with van der Waals surface area (Å²) in [6, 6.07) is 0.465. The highest BCUT2D eigenvalue weighted by Gasteiger charge is 2.26. The smallest absolute Gasteiger partial charge is 0.226 e. The highest BCUT2D eigenvalue weighted by atomic mass is 16.5. The van der Waals surface area contributed by atoms with Gasteiger partial charge in [0, 0.05) is 19.0 Å². The van der Waals surface area contributed by atoms with Crippen molar-refractivity contribution in [2.24, 2.45) is 5.73 Å². The predicted octanol–water partition coefficient (Wildman–Crippen LogP) is 1.05. The zero-order valence-corrected chi connectivity index (χ0v) is 12.9. The van der Waals surface area contributed by atoms with Gasteiger partial charge in [0.2, 0.25) is 5.89 Å². The van der Waals surface area contributed by atoms with Crippen molar-refractivity contribution in [3.8, 4) is 0 Å². The van der Waals surface area contributed by atoms with Gasteiger partial charge >= 0.3 is 0 Å². The van der Waals surface area contributed by atoms with Crippen LogP contribution >= 0.6 is 0 Å². The molecule has 2 unspecified atom stereocenters. The Morgan fingerprint density at radius 1 is 1.40 bits per heavy atom. The largest absolute Gasteiger partial charge is 0.339 e. The number of aryl methyl sites for hydroxylation is 1. The Morgan fingerprint density at radius 2 is 2.20 bits per heavy atom. The van der Waals surface area contributed by atoms with Crippen molar-refractivity contribution in [1.29, 1.82) is 0 Å². The van der Waals surface area contributed by atoms with Gasteiger partial charge in [-0.05, 0) is 53.4 Å². The summed E-state index contributed by atoms with van der Waals surface area (Å²) in [5.41, 5.74) is 5.75. The topological polar surface area (TPSA) is 71.4 Å². The number of hydrogen-bond donors (Lipinski definition) is 1. The van der Waals surface area contributed by atoms with Gasteiger partial charge in [-0.25, -0.2) is 0 Å². The Balaban J connectivity index is 1.95. The molecule has 0 saturated carbocycles. The van der Waals surface area contributed by atoms with Crippen LogP contribution in [0, 0.1) is 0 Å². The highest BCUT2D eigenvalue weighted by molar-refractivity contribution is 4.97. The third kappa shape index (κ3) is 4.26. The van der Waals surface area contributed by atoms with Crippen LogP contribution in [-0.2, 0) is 6.42 Å². The molecule has 114 valence electrons. The molecule has 6 nitrogen and oxygen atoms in total. The van der Waals surface area contributed by atoms with Gasteiger partial charge in [0.05, 0.1) is 6.04 Å². The van der Waals surface area contributed by atoms with E-state index in [4.69, 9.17) is 10.3 Å². The average Bonchev–Trinajstić information content (AvgIpc) is 2.77.